The van der Waals surface area contributed by atoms with E-state index in [0.717, 1.165) is 5.75 Å². The summed E-state index contributed by atoms with van der Waals surface area (Å²) in [6.45, 7) is 2.75. The van der Waals surface area contributed by atoms with Crippen LogP contribution in [-0.2, 0) is 0 Å². The number of halogens is 1. The van der Waals surface area contributed by atoms with Crippen LogP contribution in [-0.4, -0.2) is 36.6 Å². The topological polar surface area (TPSA) is 25.4 Å². The maximum Gasteiger partial charge on any atom is 0.137 e. The van der Waals surface area contributed by atoms with Gasteiger partial charge in [0.2, 0.25) is 0 Å². The molecule has 0 N–H and O–H groups in total. The zero-order valence-corrected chi connectivity index (χ0v) is 9.45. The Hall–Kier alpha value is -0.800. The Labute approximate surface area is 89.7 Å². The largest absolute Gasteiger partial charge is 0.490 e. The zero-order valence-electron chi connectivity index (χ0n) is 8.70. The van der Waals surface area contributed by atoms with Gasteiger partial charge in [0.1, 0.15) is 17.5 Å². The van der Waals surface area contributed by atoms with E-state index in [4.69, 9.17) is 16.3 Å². The summed E-state index contributed by atoms with van der Waals surface area (Å²) in [7, 11) is 4.04. The lowest BCUT2D eigenvalue weighted by molar-refractivity contribution is 0.198. The molecule has 1 aromatic heterocycles. The van der Waals surface area contributed by atoms with E-state index < -0.39 is 0 Å². The number of hydrogen-bond acceptors (Lipinski definition) is 3. The van der Waals surface area contributed by atoms with Gasteiger partial charge >= 0.3 is 0 Å². The number of pyridine rings is 1. The average molecular weight is 215 g/mol. The monoisotopic (exact) mass is 214 g/mol. The summed E-state index contributed by atoms with van der Waals surface area (Å²) >= 11 is 5.65. The van der Waals surface area contributed by atoms with Gasteiger partial charge in [0.25, 0.3) is 0 Å². The molecule has 0 radical (unpaired) electrons. The van der Waals surface area contributed by atoms with Crippen molar-refractivity contribution in [3.05, 3.63) is 23.5 Å². The minimum absolute atomic E-state index is 0.380. The molecule has 0 amide bonds. The third-order valence-corrected chi connectivity index (χ3v) is 2.30. The van der Waals surface area contributed by atoms with Gasteiger partial charge in [-0.05, 0) is 33.2 Å². The van der Waals surface area contributed by atoms with Crippen LogP contribution in [0.25, 0.3) is 0 Å². The maximum absolute atomic E-state index is 5.65. The van der Waals surface area contributed by atoms with Gasteiger partial charge in [-0.1, -0.05) is 11.6 Å². The number of aromatic nitrogens is 1. The van der Waals surface area contributed by atoms with Crippen LogP contribution in [0.1, 0.15) is 6.92 Å². The first-order valence-electron chi connectivity index (χ1n) is 4.50. The molecule has 0 fully saturated rings. The van der Waals surface area contributed by atoms with Crippen LogP contribution in [0.5, 0.6) is 5.75 Å². The molecule has 0 saturated heterocycles. The summed E-state index contributed by atoms with van der Waals surface area (Å²) < 4.78 is 5.52. The molecule has 78 valence electrons. The highest BCUT2D eigenvalue weighted by atomic mass is 35.5. The van der Waals surface area contributed by atoms with E-state index in [0.29, 0.717) is 17.8 Å². The van der Waals surface area contributed by atoms with Crippen LogP contribution in [0.2, 0.25) is 5.15 Å². The van der Waals surface area contributed by atoms with Crippen molar-refractivity contribution < 1.29 is 4.74 Å². The van der Waals surface area contributed by atoms with E-state index in [2.05, 4.69) is 16.8 Å². The Morgan fingerprint density at radius 3 is 2.71 bits per heavy atom. The molecule has 1 heterocycles. The second-order valence-corrected chi connectivity index (χ2v) is 3.83. The van der Waals surface area contributed by atoms with Crippen LogP contribution < -0.4 is 4.74 Å². The Balaban J connectivity index is 2.42. The van der Waals surface area contributed by atoms with Gasteiger partial charge in [-0.2, -0.15) is 0 Å². The Bertz CT molecular complexity index is 274. The SMILES string of the molecule is C[C@H](COc1ccc(Cl)nc1)N(C)C. The van der Waals surface area contributed by atoms with Crippen molar-refractivity contribution in [2.45, 2.75) is 13.0 Å². The van der Waals surface area contributed by atoms with Crippen LogP contribution >= 0.6 is 11.6 Å². The molecular formula is C10H15ClN2O. The second-order valence-electron chi connectivity index (χ2n) is 3.44. The number of likely N-dealkylation sites (N-methyl/N-ethyl adjacent to an activating group) is 1. The molecule has 0 bridgehead atoms. The molecule has 0 aliphatic carbocycles. The lowest BCUT2D eigenvalue weighted by Gasteiger charge is -2.19. The fourth-order valence-corrected chi connectivity index (χ4v) is 0.925. The van der Waals surface area contributed by atoms with Gasteiger partial charge in [-0.25, -0.2) is 4.98 Å². The molecule has 1 rings (SSSR count). The smallest absolute Gasteiger partial charge is 0.137 e. The highest BCUT2D eigenvalue weighted by molar-refractivity contribution is 6.29. The lowest BCUT2D eigenvalue weighted by Crippen LogP contribution is -2.30. The Kier molecular flexibility index (Phi) is 4.17. The summed E-state index contributed by atoms with van der Waals surface area (Å²) in [5.74, 6) is 0.753. The highest BCUT2D eigenvalue weighted by Gasteiger charge is 2.04. The van der Waals surface area contributed by atoms with E-state index in [9.17, 15) is 0 Å². The van der Waals surface area contributed by atoms with Gasteiger partial charge in [-0.3, -0.25) is 0 Å². The second kappa shape index (κ2) is 5.17. The normalized spacial score (nSPS) is 12.9. The predicted molar refractivity (Wildman–Crippen MR) is 57.9 cm³/mol. The van der Waals surface area contributed by atoms with E-state index in [1.54, 1.807) is 12.3 Å². The summed E-state index contributed by atoms with van der Waals surface area (Å²) in [5.41, 5.74) is 0. The average Bonchev–Trinajstić information content (AvgIpc) is 2.16. The van der Waals surface area contributed by atoms with Crippen LogP contribution in [0.3, 0.4) is 0 Å². The molecule has 4 heteroatoms. The summed E-state index contributed by atoms with van der Waals surface area (Å²) in [4.78, 5) is 6.03. The Morgan fingerprint density at radius 2 is 2.21 bits per heavy atom. The maximum atomic E-state index is 5.65. The van der Waals surface area contributed by atoms with Crippen molar-refractivity contribution in [3.63, 3.8) is 0 Å². The van der Waals surface area contributed by atoms with E-state index in [1.807, 2.05) is 20.2 Å². The van der Waals surface area contributed by atoms with Crippen LogP contribution in [0, 0.1) is 0 Å². The number of ether oxygens (including phenoxy) is 1. The zero-order chi connectivity index (χ0) is 10.6. The van der Waals surface area contributed by atoms with Crippen molar-refractivity contribution in [1.82, 2.24) is 9.88 Å². The van der Waals surface area contributed by atoms with Crippen molar-refractivity contribution in [2.24, 2.45) is 0 Å². The summed E-state index contributed by atoms with van der Waals surface area (Å²) in [5, 5.41) is 0.484. The first-order chi connectivity index (χ1) is 6.59. The fraction of sp³-hybridized carbons (Fsp3) is 0.500. The molecular weight excluding hydrogens is 200 g/mol. The molecule has 0 saturated carbocycles. The molecule has 1 atom stereocenters. The molecule has 0 aromatic carbocycles. The minimum Gasteiger partial charge on any atom is -0.490 e. The van der Waals surface area contributed by atoms with E-state index in [-0.39, 0.29) is 0 Å². The number of hydrogen-bond donors (Lipinski definition) is 0. The number of rotatable bonds is 4. The summed E-state index contributed by atoms with van der Waals surface area (Å²) in [6.07, 6.45) is 1.63. The van der Waals surface area contributed by atoms with Gasteiger partial charge in [0, 0.05) is 6.04 Å². The van der Waals surface area contributed by atoms with E-state index >= 15 is 0 Å². The molecule has 3 nitrogen and oxygen atoms in total. The van der Waals surface area contributed by atoms with Crippen LogP contribution in [0.15, 0.2) is 18.3 Å². The van der Waals surface area contributed by atoms with Crippen LogP contribution in [0.4, 0.5) is 0 Å². The van der Waals surface area contributed by atoms with Crippen molar-refractivity contribution in [1.29, 1.82) is 0 Å². The number of nitrogens with zero attached hydrogens (tertiary/aromatic N) is 2. The van der Waals surface area contributed by atoms with Gasteiger partial charge in [-0.15, -0.1) is 0 Å². The molecule has 14 heavy (non-hydrogen) atoms. The standard InChI is InChI=1S/C10H15ClN2O/c1-8(13(2)3)7-14-9-4-5-10(11)12-6-9/h4-6,8H,7H2,1-3H3/t8-/m1/s1. The molecule has 0 aliphatic heterocycles. The van der Waals surface area contributed by atoms with E-state index in [1.165, 1.54) is 0 Å². The van der Waals surface area contributed by atoms with Crippen molar-refractivity contribution in [3.8, 4) is 5.75 Å². The summed E-state index contributed by atoms with van der Waals surface area (Å²) in [6, 6.07) is 3.92. The van der Waals surface area contributed by atoms with Gasteiger partial charge < -0.3 is 9.64 Å². The Morgan fingerprint density at radius 1 is 1.50 bits per heavy atom. The quantitative estimate of drug-likeness (QED) is 0.718. The van der Waals surface area contributed by atoms with Gasteiger partial charge in [0.05, 0.1) is 6.20 Å². The predicted octanol–water partition coefficient (Wildman–Crippen LogP) is 2.06. The highest BCUT2D eigenvalue weighted by Crippen LogP contribution is 2.12. The fourth-order valence-electron chi connectivity index (χ4n) is 0.814. The third-order valence-electron chi connectivity index (χ3n) is 2.07. The first kappa shape index (κ1) is 11.3. The first-order valence-corrected chi connectivity index (χ1v) is 4.88. The van der Waals surface area contributed by atoms with Gasteiger partial charge in [0.15, 0.2) is 0 Å². The molecule has 0 unspecified atom stereocenters. The molecule has 1 aromatic rings. The van der Waals surface area contributed by atoms with Crippen molar-refractivity contribution in [2.75, 3.05) is 20.7 Å². The molecule has 0 aliphatic rings. The third kappa shape index (κ3) is 3.52. The molecule has 0 spiro atoms. The minimum atomic E-state index is 0.380. The lowest BCUT2D eigenvalue weighted by atomic mass is 10.3. The van der Waals surface area contributed by atoms with Crippen molar-refractivity contribution >= 4 is 11.6 Å².